The molecule has 0 aliphatic carbocycles. The molecular weight excluding hydrogens is 232 g/mol. The molecule has 0 atom stereocenters. The summed E-state index contributed by atoms with van der Waals surface area (Å²) in [6.07, 6.45) is 0. The highest BCUT2D eigenvalue weighted by atomic mass is 35.5. The van der Waals surface area contributed by atoms with Crippen LogP contribution in [0.3, 0.4) is 0 Å². The van der Waals surface area contributed by atoms with Gasteiger partial charge in [-0.3, -0.25) is 14.8 Å². The van der Waals surface area contributed by atoms with Crippen LogP contribution in [0.4, 0.5) is 11.5 Å². The number of nitro groups is 1. The van der Waals surface area contributed by atoms with E-state index in [1.54, 1.807) is 14.1 Å². The van der Waals surface area contributed by atoms with Crippen LogP contribution in [0.1, 0.15) is 0 Å². The van der Waals surface area contributed by atoms with Gasteiger partial charge in [0.15, 0.2) is 5.82 Å². The Kier molecular flexibility index (Phi) is 2.43. The molecule has 1 heterocycles. The van der Waals surface area contributed by atoms with Crippen LogP contribution in [-0.4, -0.2) is 21.8 Å². The van der Waals surface area contributed by atoms with Crippen LogP contribution in [0.15, 0.2) is 12.1 Å². The number of halogens is 1. The van der Waals surface area contributed by atoms with Gasteiger partial charge in [-0.25, -0.2) is 0 Å². The van der Waals surface area contributed by atoms with Crippen LogP contribution in [0.2, 0.25) is 5.02 Å². The second-order valence-electron chi connectivity index (χ2n) is 3.27. The van der Waals surface area contributed by atoms with Crippen molar-refractivity contribution in [2.24, 2.45) is 7.05 Å². The monoisotopic (exact) mass is 240 g/mol. The van der Waals surface area contributed by atoms with E-state index in [0.29, 0.717) is 21.7 Å². The predicted molar refractivity (Wildman–Crippen MR) is 61.9 cm³/mol. The van der Waals surface area contributed by atoms with Crippen LogP contribution in [-0.2, 0) is 7.05 Å². The van der Waals surface area contributed by atoms with Crippen molar-refractivity contribution in [3.05, 3.63) is 27.3 Å². The average molecular weight is 241 g/mol. The third-order valence-electron chi connectivity index (χ3n) is 2.35. The largest absolute Gasteiger partial charge is 0.371 e. The number of aromatic nitrogens is 2. The first-order valence-corrected chi connectivity index (χ1v) is 4.91. The molecule has 0 fully saturated rings. The van der Waals surface area contributed by atoms with Gasteiger partial charge < -0.3 is 5.32 Å². The van der Waals surface area contributed by atoms with Crippen LogP contribution < -0.4 is 5.32 Å². The maximum Gasteiger partial charge on any atom is 0.295 e. The molecule has 0 spiro atoms. The summed E-state index contributed by atoms with van der Waals surface area (Å²) in [6.45, 7) is 0. The minimum absolute atomic E-state index is 0.00380. The Morgan fingerprint density at radius 1 is 1.56 bits per heavy atom. The van der Waals surface area contributed by atoms with E-state index in [4.69, 9.17) is 11.6 Å². The molecule has 7 heteroatoms. The number of fused-ring (bicyclic) bond motifs is 1. The first-order valence-electron chi connectivity index (χ1n) is 4.53. The molecule has 1 N–H and O–H groups in total. The Morgan fingerprint density at radius 2 is 2.25 bits per heavy atom. The van der Waals surface area contributed by atoms with Gasteiger partial charge in [-0.15, -0.1) is 0 Å². The topological polar surface area (TPSA) is 73.0 Å². The first-order chi connectivity index (χ1) is 7.56. The number of nitrogens with zero attached hydrogens (tertiary/aromatic N) is 3. The third kappa shape index (κ3) is 1.38. The zero-order chi connectivity index (χ0) is 11.9. The zero-order valence-corrected chi connectivity index (χ0v) is 9.45. The minimum atomic E-state index is -0.445. The number of non-ortho nitro benzene ring substituents is 1. The summed E-state index contributed by atoms with van der Waals surface area (Å²) in [5.41, 5.74) is 0.415. The van der Waals surface area contributed by atoms with Crippen molar-refractivity contribution in [3.8, 4) is 0 Å². The van der Waals surface area contributed by atoms with E-state index < -0.39 is 4.92 Å². The highest BCUT2D eigenvalue weighted by Crippen LogP contribution is 2.35. The molecule has 0 aliphatic heterocycles. The molecule has 0 saturated heterocycles. The molecule has 0 radical (unpaired) electrons. The predicted octanol–water partition coefficient (Wildman–Crippen LogP) is 2.18. The Bertz CT molecular complexity index is 578. The molecule has 84 valence electrons. The maximum atomic E-state index is 10.9. The van der Waals surface area contributed by atoms with Crippen LogP contribution in [0.25, 0.3) is 10.9 Å². The fraction of sp³-hybridized carbons (Fsp3) is 0.222. The summed E-state index contributed by atoms with van der Waals surface area (Å²) in [6, 6.07) is 2.89. The number of anilines is 1. The van der Waals surface area contributed by atoms with Crippen molar-refractivity contribution >= 4 is 34.0 Å². The molecule has 2 aromatic rings. The van der Waals surface area contributed by atoms with E-state index in [2.05, 4.69) is 10.4 Å². The summed E-state index contributed by atoms with van der Waals surface area (Å²) in [7, 11) is 3.34. The quantitative estimate of drug-likeness (QED) is 0.645. The fourth-order valence-electron chi connectivity index (χ4n) is 1.68. The van der Waals surface area contributed by atoms with Crippen molar-refractivity contribution in [2.45, 2.75) is 0 Å². The van der Waals surface area contributed by atoms with E-state index in [9.17, 15) is 10.1 Å². The van der Waals surface area contributed by atoms with Crippen molar-refractivity contribution in [1.29, 1.82) is 0 Å². The summed E-state index contributed by atoms with van der Waals surface area (Å²) in [5.74, 6) is 0.534. The molecule has 2 rings (SSSR count). The van der Waals surface area contributed by atoms with E-state index in [1.807, 2.05) is 0 Å². The molecule has 6 nitrogen and oxygen atoms in total. The Labute approximate surface area is 96.0 Å². The number of benzene rings is 1. The van der Waals surface area contributed by atoms with E-state index in [-0.39, 0.29) is 5.69 Å². The molecule has 0 amide bonds. The van der Waals surface area contributed by atoms with E-state index in [0.717, 1.165) is 0 Å². The van der Waals surface area contributed by atoms with Crippen LogP contribution >= 0.6 is 11.6 Å². The van der Waals surface area contributed by atoms with Gasteiger partial charge in [0.1, 0.15) is 5.52 Å². The van der Waals surface area contributed by atoms with Gasteiger partial charge in [0.25, 0.3) is 5.69 Å². The summed E-state index contributed by atoms with van der Waals surface area (Å²) < 4.78 is 1.45. The van der Waals surface area contributed by atoms with Crippen LogP contribution in [0, 0.1) is 10.1 Å². The number of nitro benzene ring substituents is 1. The molecule has 0 bridgehead atoms. The highest BCUT2D eigenvalue weighted by molar-refractivity contribution is 6.36. The standard InChI is InChI=1S/C9H9ClN4O2/c1-11-9-7-5(10)3-4-6(14(15)16)8(7)13(2)12-9/h3-4H,1-2H3,(H,11,12). The lowest BCUT2D eigenvalue weighted by Crippen LogP contribution is -1.95. The highest BCUT2D eigenvalue weighted by Gasteiger charge is 2.21. The van der Waals surface area contributed by atoms with Gasteiger partial charge in [0.2, 0.25) is 0 Å². The molecule has 0 unspecified atom stereocenters. The molecule has 16 heavy (non-hydrogen) atoms. The minimum Gasteiger partial charge on any atom is -0.371 e. The number of nitrogens with one attached hydrogen (secondary N) is 1. The number of hydrogen-bond donors (Lipinski definition) is 1. The van der Waals surface area contributed by atoms with Crippen LogP contribution in [0.5, 0.6) is 0 Å². The number of aryl methyl sites for hydroxylation is 1. The van der Waals surface area contributed by atoms with Gasteiger partial charge in [-0.2, -0.15) is 5.10 Å². The van der Waals surface area contributed by atoms with Gasteiger partial charge >= 0.3 is 0 Å². The molecule has 1 aromatic carbocycles. The van der Waals surface area contributed by atoms with Gasteiger partial charge in [-0.05, 0) is 6.07 Å². The van der Waals surface area contributed by atoms with Crippen molar-refractivity contribution < 1.29 is 4.92 Å². The number of hydrogen-bond acceptors (Lipinski definition) is 4. The Hall–Kier alpha value is -1.82. The van der Waals surface area contributed by atoms with E-state index in [1.165, 1.54) is 16.8 Å². The smallest absolute Gasteiger partial charge is 0.295 e. The molecule has 0 aliphatic rings. The van der Waals surface area contributed by atoms with Crippen molar-refractivity contribution in [1.82, 2.24) is 9.78 Å². The van der Waals surface area contributed by atoms with Crippen molar-refractivity contribution in [3.63, 3.8) is 0 Å². The summed E-state index contributed by atoms with van der Waals surface area (Å²) in [5, 5.41) is 18.9. The lowest BCUT2D eigenvalue weighted by Gasteiger charge is -1.98. The van der Waals surface area contributed by atoms with Gasteiger partial charge in [-0.1, -0.05) is 11.6 Å². The second kappa shape index (κ2) is 3.64. The summed E-state index contributed by atoms with van der Waals surface area (Å²) in [4.78, 5) is 10.4. The zero-order valence-electron chi connectivity index (χ0n) is 8.69. The third-order valence-corrected chi connectivity index (χ3v) is 2.66. The van der Waals surface area contributed by atoms with Crippen molar-refractivity contribution in [2.75, 3.05) is 12.4 Å². The maximum absolute atomic E-state index is 10.9. The van der Waals surface area contributed by atoms with Gasteiger partial charge in [0, 0.05) is 20.2 Å². The normalized spacial score (nSPS) is 10.7. The lowest BCUT2D eigenvalue weighted by atomic mass is 10.2. The first kappa shape index (κ1) is 10.7. The SMILES string of the molecule is CNc1nn(C)c2c([N+](=O)[O-])ccc(Cl)c12. The van der Waals surface area contributed by atoms with Gasteiger partial charge in [0.05, 0.1) is 15.3 Å². The Morgan fingerprint density at radius 3 is 2.81 bits per heavy atom. The molecule has 1 aromatic heterocycles. The number of rotatable bonds is 2. The molecular formula is C9H9ClN4O2. The average Bonchev–Trinajstić information content (AvgIpc) is 2.57. The Balaban J connectivity index is 2.94. The second-order valence-corrected chi connectivity index (χ2v) is 3.68. The lowest BCUT2D eigenvalue weighted by molar-refractivity contribution is -0.383. The molecule has 0 saturated carbocycles. The summed E-state index contributed by atoms with van der Waals surface area (Å²) >= 11 is 6.02. The van der Waals surface area contributed by atoms with E-state index >= 15 is 0 Å². The fourth-order valence-corrected chi connectivity index (χ4v) is 1.92.